The molecule has 4 nitrogen and oxygen atoms in total. The second-order valence-electron chi connectivity index (χ2n) is 3.14. The van der Waals surface area contributed by atoms with Crippen LogP contribution in [0.1, 0.15) is 27.2 Å². The first-order valence-electron chi connectivity index (χ1n) is 4.22. The van der Waals surface area contributed by atoms with Gasteiger partial charge < -0.3 is 0 Å². The fourth-order valence-corrected chi connectivity index (χ4v) is 1.69. The lowest BCUT2D eigenvalue weighted by molar-refractivity contribution is 0.547. The smallest absolute Gasteiger partial charge is 0.202 e. The van der Waals surface area contributed by atoms with Crippen LogP contribution in [-0.2, 0) is 10.2 Å². The van der Waals surface area contributed by atoms with Gasteiger partial charge in [-0.05, 0) is 12.3 Å². The van der Waals surface area contributed by atoms with Gasteiger partial charge in [0.2, 0.25) is 0 Å². The van der Waals surface area contributed by atoms with Gasteiger partial charge in [-0.3, -0.25) is 0 Å². The minimum Gasteiger partial charge on any atom is -0.202 e. The Balaban J connectivity index is 3.73. The van der Waals surface area contributed by atoms with Crippen molar-refractivity contribution in [3.8, 4) is 0 Å². The molecular formula is C7H18N2O2S. The Morgan fingerprint density at radius 1 is 1.25 bits per heavy atom. The van der Waals surface area contributed by atoms with E-state index in [2.05, 4.69) is 9.44 Å². The van der Waals surface area contributed by atoms with Gasteiger partial charge in [-0.15, -0.1) is 0 Å². The van der Waals surface area contributed by atoms with Gasteiger partial charge in [0.25, 0.3) is 10.2 Å². The lowest BCUT2D eigenvalue weighted by Gasteiger charge is -2.08. The fourth-order valence-electron chi connectivity index (χ4n) is 0.564. The zero-order valence-corrected chi connectivity index (χ0v) is 8.74. The fraction of sp³-hybridized carbons (Fsp3) is 1.00. The molecule has 0 fully saturated rings. The highest BCUT2D eigenvalue weighted by Crippen LogP contribution is 1.88. The molecule has 0 unspecified atom stereocenters. The van der Waals surface area contributed by atoms with Gasteiger partial charge in [0, 0.05) is 13.1 Å². The van der Waals surface area contributed by atoms with Crippen LogP contribution in [0.15, 0.2) is 0 Å². The van der Waals surface area contributed by atoms with Crippen molar-refractivity contribution >= 4 is 10.2 Å². The monoisotopic (exact) mass is 194 g/mol. The Morgan fingerprint density at radius 3 is 2.25 bits per heavy atom. The van der Waals surface area contributed by atoms with E-state index >= 15 is 0 Å². The number of rotatable bonds is 6. The van der Waals surface area contributed by atoms with Gasteiger partial charge in [0.1, 0.15) is 0 Å². The minimum atomic E-state index is -3.24. The summed E-state index contributed by atoms with van der Waals surface area (Å²) in [7, 11) is -3.24. The first-order chi connectivity index (χ1) is 5.48. The van der Waals surface area contributed by atoms with Gasteiger partial charge in [-0.25, -0.2) is 9.44 Å². The van der Waals surface area contributed by atoms with Crippen LogP contribution in [0.2, 0.25) is 0 Å². The van der Waals surface area contributed by atoms with E-state index in [1.807, 2.05) is 20.8 Å². The topological polar surface area (TPSA) is 58.2 Å². The molecule has 0 aliphatic heterocycles. The predicted molar refractivity (Wildman–Crippen MR) is 50.1 cm³/mol. The van der Waals surface area contributed by atoms with Crippen LogP contribution < -0.4 is 9.44 Å². The summed E-state index contributed by atoms with van der Waals surface area (Å²) in [5.41, 5.74) is 0. The van der Waals surface area contributed by atoms with Crippen LogP contribution in [0.5, 0.6) is 0 Å². The molecule has 0 bridgehead atoms. The molecule has 12 heavy (non-hydrogen) atoms. The van der Waals surface area contributed by atoms with Crippen molar-refractivity contribution in [1.29, 1.82) is 0 Å². The van der Waals surface area contributed by atoms with Crippen LogP contribution in [0, 0.1) is 5.92 Å². The average molecular weight is 194 g/mol. The summed E-state index contributed by atoms with van der Waals surface area (Å²) in [6, 6.07) is 0. The lowest BCUT2D eigenvalue weighted by Crippen LogP contribution is -2.38. The highest BCUT2D eigenvalue weighted by molar-refractivity contribution is 7.87. The molecule has 0 aromatic carbocycles. The van der Waals surface area contributed by atoms with Gasteiger partial charge in [-0.2, -0.15) is 8.42 Å². The maximum atomic E-state index is 11.1. The molecule has 2 N–H and O–H groups in total. The van der Waals surface area contributed by atoms with Gasteiger partial charge >= 0.3 is 0 Å². The summed E-state index contributed by atoms with van der Waals surface area (Å²) in [4.78, 5) is 0. The molecular weight excluding hydrogens is 176 g/mol. The van der Waals surface area contributed by atoms with Gasteiger partial charge in [0.05, 0.1) is 0 Å². The van der Waals surface area contributed by atoms with Gasteiger partial charge in [-0.1, -0.05) is 20.8 Å². The van der Waals surface area contributed by atoms with Crippen molar-refractivity contribution in [3.63, 3.8) is 0 Å². The van der Waals surface area contributed by atoms with Crippen molar-refractivity contribution in [2.24, 2.45) is 5.92 Å². The number of hydrogen-bond acceptors (Lipinski definition) is 2. The molecule has 0 spiro atoms. The lowest BCUT2D eigenvalue weighted by atomic mass is 10.2. The molecule has 0 aliphatic rings. The van der Waals surface area contributed by atoms with Crippen LogP contribution in [0.25, 0.3) is 0 Å². The van der Waals surface area contributed by atoms with Crippen molar-refractivity contribution < 1.29 is 8.42 Å². The van der Waals surface area contributed by atoms with Crippen LogP contribution >= 0.6 is 0 Å². The first kappa shape index (κ1) is 11.9. The third-order valence-electron chi connectivity index (χ3n) is 1.22. The molecule has 5 heteroatoms. The molecule has 0 aliphatic carbocycles. The number of hydrogen-bond donors (Lipinski definition) is 2. The molecule has 0 atom stereocenters. The van der Waals surface area contributed by atoms with Crippen molar-refractivity contribution in [2.45, 2.75) is 27.2 Å². The summed E-state index contributed by atoms with van der Waals surface area (Å²) in [6.45, 7) is 6.82. The third-order valence-corrected chi connectivity index (χ3v) is 2.35. The van der Waals surface area contributed by atoms with E-state index in [0.717, 1.165) is 6.42 Å². The molecule has 0 aromatic heterocycles. The van der Waals surface area contributed by atoms with E-state index in [9.17, 15) is 8.42 Å². The summed E-state index contributed by atoms with van der Waals surface area (Å²) >= 11 is 0. The molecule has 0 saturated carbocycles. The molecule has 0 aromatic rings. The molecule has 0 saturated heterocycles. The maximum absolute atomic E-state index is 11.1. The van der Waals surface area contributed by atoms with Gasteiger partial charge in [0.15, 0.2) is 0 Å². The molecule has 0 rings (SSSR count). The molecule has 0 heterocycles. The standard InChI is InChI=1S/C7H18N2O2S/c1-4-5-8-12(10,11)9-6-7(2)3/h7-9H,4-6H2,1-3H3. The van der Waals surface area contributed by atoms with E-state index in [0.29, 0.717) is 19.0 Å². The normalized spacial score (nSPS) is 12.3. The summed E-state index contributed by atoms with van der Waals surface area (Å²) < 4.78 is 27.0. The quantitative estimate of drug-likeness (QED) is 0.646. The third kappa shape index (κ3) is 6.57. The summed E-state index contributed by atoms with van der Waals surface area (Å²) in [5, 5.41) is 0. The zero-order chi connectivity index (χ0) is 9.61. The Bertz CT molecular complexity index is 199. The first-order valence-corrected chi connectivity index (χ1v) is 5.70. The summed E-state index contributed by atoms with van der Waals surface area (Å²) in [6.07, 6.45) is 0.808. The van der Waals surface area contributed by atoms with Crippen LogP contribution in [0.4, 0.5) is 0 Å². The largest absolute Gasteiger partial charge is 0.276 e. The van der Waals surface area contributed by atoms with Crippen molar-refractivity contribution in [3.05, 3.63) is 0 Å². The molecule has 0 amide bonds. The second-order valence-corrected chi connectivity index (χ2v) is 4.72. The Hall–Kier alpha value is -0.130. The second kappa shape index (κ2) is 5.50. The SMILES string of the molecule is CCCNS(=O)(=O)NCC(C)C. The van der Waals surface area contributed by atoms with Crippen molar-refractivity contribution in [2.75, 3.05) is 13.1 Å². The van der Waals surface area contributed by atoms with E-state index < -0.39 is 10.2 Å². The molecule has 0 radical (unpaired) electrons. The number of nitrogens with one attached hydrogen (secondary N) is 2. The highest BCUT2D eigenvalue weighted by atomic mass is 32.2. The Kier molecular flexibility index (Phi) is 5.44. The van der Waals surface area contributed by atoms with Crippen molar-refractivity contribution in [1.82, 2.24) is 9.44 Å². The van der Waals surface area contributed by atoms with E-state index in [1.54, 1.807) is 0 Å². The maximum Gasteiger partial charge on any atom is 0.276 e. The zero-order valence-electron chi connectivity index (χ0n) is 7.92. The predicted octanol–water partition coefficient (Wildman–Crippen LogP) is 0.476. The van der Waals surface area contributed by atoms with E-state index in [1.165, 1.54) is 0 Å². The van der Waals surface area contributed by atoms with Crippen LogP contribution in [-0.4, -0.2) is 21.5 Å². The Labute approximate surface area is 74.9 Å². The summed E-state index contributed by atoms with van der Waals surface area (Å²) in [5.74, 6) is 0.336. The van der Waals surface area contributed by atoms with E-state index in [-0.39, 0.29) is 0 Å². The molecule has 74 valence electrons. The Morgan fingerprint density at radius 2 is 1.83 bits per heavy atom. The average Bonchev–Trinajstić information content (AvgIpc) is 1.98. The van der Waals surface area contributed by atoms with E-state index in [4.69, 9.17) is 0 Å². The minimum absolute atomic E-state index is 0.336. The van der Waals surface area contributed by atoms with Crippen LogP contribution in [0.3, 0.4) is 0 Å². The highest BCUT2D eigenvalue weighted by Gasteiger charge is 2.07.